The molecule has 0 heterocycles. The van der Waals surface area contributed by atoms with Crippen molar-refractivity contribution in [2.45, 2.75) is 85.0 Å². The Kier molecular flexibility index (Phi) is 5.29. The van der Waals surface area contributed by atoms with Crippen LogP contribution < -0.4 is 0 Å². The zero-order valence-electron chi connectivity index (χ0n) is 16.4. The van der Waals surface area contributed by atoms with Gasteiger partial charge >= 0.3 is 0 Å². The molecule has 25 heavy (non-hydrogen) atoms. The van der Waals surface area contributed by atoms with Crippen molar-refractivity contribution in [1.29, 1.82) is 0 Å². The molecule has 142 valence electrons. The summed E-state index contributed by atoms with van der Waals surface area (Å²) >= 11 is 7.60. The number of rotatable bonds is 2. The van der Waals surface area contributed by atoms with Crippen molar-refractivity contribution < 1.29 is 0 Å². The zero-order chi connectivity index (χ0) is 17.8. The minimum atomic E-state index is 0.524. The van der Waals surface area contributed by atoms with Gasteiger partial charge in [0.2, 0.25) is 0 Å². The van der Waals surface area contributed by atoms with Crippen LogP contribution >= 0.6 is 31.9 Å². The molecule has 0 nitrogen and oxygen atoms in total. The Bertz CT molecular complexity index is 540. The molecular formula is C23H36Br2. The van der Waals surface area contributed by atoms with Crippen LogP contribution in [-0.4, -0.2) is 0 Å². The van der Waals surface area contributed by atoms with Crippen LogP contribution in [0.3, 0.4) is 0 Å². The summed E-state index contributed by atoms with van der Waals surface area (Å²) in [6.45, 7) is 7.82. The highest BCUT2D eigenvalue weighted by molar-refractivity contribution is 9.14. The lowest BCUT2D eigenvalue weighted by Crippen LogP contribution is -2.55. The Morgan fingerprint density at radius 1 is 1.00 bits per heavy atom. The molecule has 4 saturated carbocycles. The van der Waals surface area contributed by atoms with Crippen molar-refractivity contribution in [2.24, 2.45) is 46.3 Å². The molecule has 0 aromatic rings. The fourth-order valence-electron chi connectivity index (χ4n) is 8.64. The molecule has 0 N–H and O–H groups in total. The van der Waals surface area contributed by atoms with E-state index in [1.54, 1.807) is 0 Å². The molecule has 0 amide bonds. The summed E-state index contributed by atoms with van der Waals surface area (Å²) in [6.07, 6.45) is 14.8. The number of allylic oxidation sites excluding steroid dienone is 1. The van der Waals surface area contributed by atoms with Crippen molar-refractivity contribution in [1.82, 2.24) is 0 Å². The Morgan fingerprint density at radius 2 is 1.80 bits per heavy atom. The lowest BCUT2D eigenvalue weighted by Gasteiger charge is -2.63. The molecule has 8 atom stereocenters. The van der Waals surface area contributed by atoms with E-state index < -0.39 is 0 Å². The fraction of sp³-hybridized carbons (Fsp3) is 0.913. The molecule has 2 unspecified atom stereocenters. The predicted octanol–water partition coefficient (Wildman–Crippen LogP) is 8.30. The molecule has 4 aliphatic rings. The van der Waals surface area contributed by atoms with Crippen molar-refractivity contribution >= 4 is 31.9 Å². The van der Waals surface area contributed by atoms with Gasteiger partial charge in [0.15, 0.2) is 0 Å². The van der Waals surface area contributed by atoms with Gasteiger partial charge in [-0.2, -0.15) is 0 Å². The van der Waals surface area contributed by atoms with E-state index in [4.69, 9.17) is 0 Å². The van der Waals surface area contributed by atoms with Crippen molar-refractivity contribution in [2.75, 3.05) is 0 Å². The summed E-state index contributed by atoms with van der Waals surface area (Å²) < 4.78 is 1.44. The van der Waals surface area contributed by atoms with Crippen LogP contribution in [0.1, 0.15) is 85.0 Å². The highest BCUT2D eigenvalue weighted by atomic mass is 79.9. The van der Waals surface area contributed by atoms with E-state index in [-0.39, 0.29) is 0 Å². The fourth-order valence-corrected chi connectivity index (χ4v) is 9.68. The SMILES string of the molecule is CC[C@H]1CC[C@H]2[C@@H]3CCC4CCCC(/C(Br)=C/Br)[C@]4(C)[C@H]3CC[C@]12C. The molecule has 0 saturated heterocycles. The molecule has 4 fully saturated rings. The minimum absolute atomic E-state index is 0.524. The summed E-state index contributed by atoms with van der Waals surface area (Å²) in [5.74, 6) is 5.69. The van der Waals surface area contributed by atoms with E-state index in [1.165, 1.54) is 68.7 Å². The summed E-state index contributed by atoms with van der Waals surface area (Å²) in [6, 6.07) is 0. The summed E-state index contributed by atoms with van der Waals surface area (Å²) in [4.78, 5) is 2.17. The first-order valence-corrected chi connectivity index (χ1v) is 12.6. The third-order valence-electron chi connectivity index (χ3n) is 9.89. The smallest absolute Gasteiger partial charge is 0.00563 e. The van der Waals surface area contributed by atoms with Gasteiger partial charge < -0.3 is 0 Å². The van der Waals surface area contributed by atoms with Crippen LogP contribution in [0.4, 0.5) is 0 Å². The lowest BCUT2D eigenvalue weighted by atomic mass is 9.42. The van der Waals surface area contributed by atoms with E-state index >= 15 is 0 Å². The van der Waals surface area contributed by atoms with Gasteiger partial charge in [0.05, 0.1) is 0 Å². The number of halogens is 2. The minimum Gasteiger partial charge on any atom is -0.0651 e. The average molecular weight is 472 g/mol. The van der Waals surface area contributed by atoms with Gasteiger partial charge in [-0.25, -0.2) is 0 Å². The molecule has 0 aromatic carbocycles. The van der Waals surface area contributed by atoms with Crippen molar-refractivity contribution in [3.8, 4) is 0 Å². The first kappa shape index (κ1) is 19.0. The maximum Gasteiger partial charge on any atom is 0.00563 e. The molecular weight excluding hydrogens is 436 g/mol. The first-order valence-electron chi connectivity index (χ1n) is 10.9. The molecule has 4 aliphatic carbocycles. The topological polar surface area (TPSA) is 0 Å². The van der Waals surface area contributed by atoms with E-state index in [0.29, 0.717) is 10.8 Å². The van der Waals surface area contributed by atoms with E-state index in [1.807, 2.05) is 0 Å². The molecule has 2 heteroatoms. The number of hydrogen-bond donors (Lipinski definition) is 0. The number of fused-ring (bicyclic) bond motifs is 5. The largest absolute Gasteiger partial charge is 0.0651 e. The Morgan fingerprint density at radius 3 is 2.52 bits per heavy atom. The zero-order valence-corrected chi connectivity index (χ0v) is 19.5. The van der Waals surface area contributed by atoms with E-state index in [2.05, 4.69) is 57.6 Å². The maximum atomic E-state index is 3.95. The van der Waals surface area contributed by atoms with Gasteiger partial charge in [-0.3, -0.25) is 0 Å². The number of hydrogen-bond acceptors (Lipinski definition) is 0. The quantitative estimate of drug-likeness (QED) is 0.379. The molecule has 0 radical (unpaired) electrons. The standard InChI is InChI=1S/C23H36Br2/c1-4-15-9-11-18-17-10-8-16-6-5-7-20(21(25)14-24)23(16,3)19(17)12-13-22(15,18)2/h14-20H,4-13H2,1-3H3/b21-14-/t15-,16?,17-,18-,19-,20?,22+,23-/m0/s1. The highest BCUT2D eigenvalue weighted by Gasteiger charge is 2.61. The molecule has 0 aromatic heterocycles. The van der Waals surface area contributed by atoms with E-state index in [0.717, 1.165) is 35.5 Å². The Labute approximate surface area is 172 Å². The third kappa shape index (κ3) is 2.70. The van der Waals surface area contributed by atoms with Gasteiger partial charge in [0.25, 0.3) is 0 Å². The first-order chi connectivity index (χ1) is 12.0. The highest BCUT2D eigenvalue weighted by Crippen LogP contribution is 2.69. The second kappa shape index (κ2) is 6.94. The monoisotopic (exact) mass is 470 g/mol. The van der Waals surface area contributed by atoms with Gasteiger partial charge in [-0.1, -0.05) is 65.5 Å². The van der Waals surface area contributed by atoms with Crippen LogP contribution in [-0.2, 0) is 0 Å². The van der Waals surface area contributed by atoms with Gasteiger partial charge in [-0.15, -0.1) is 0 Å². The predicted molar refractivity (Wildman–Crippen MR) is 115 cm³/mol. The molecule has 4 rings (SSSR count). The van der Waals surface area contributed by atoms with Crippen LogP contribution in [0.2, 0.25) is 0 Å². The summed E-state index contributed by atoms with van der Waals surface area (Å²) in [5, 5.41) is 0. The van der Waals surface area contributed by atoms with Gasteiger partial charge in [0, 0.05) is 4.48 Å². The molecule has 0 bridgehead atoms. The second-order valence-electron chi connectivity index (χ2n) is 10.2. The molecule has 0 aliphatic heterocycles. The Hall–Kier alpha value is 0.700. The van der Waals surface area contributed by atoms with Crippen molar-refractivity contribution in [3.63, 3.8) is 0 Å². The lowest BCUT2D eigenvalue weighted by molar-refractivity contribution is -0.128. The van der Waals surface area contributed by atoms with Gasteiger partial charge in [0.1, 0.15) is 0 Å². The normalized spacial score (nSPS) is 53.1. The van der Waals surface area contributed by atoms with Crippen LogP contribution in [0.5, 0.6) is 0 Å². The van der Waals surface area contributed by atoms with E-state index in [9.17, 15) is 0 Å². The summed E-state index contributed by atoms with van der Waals surface area (Å²) in [7, 11) is 0. The summed E-state index contributed by atoms with van der Waals surface area (Å²) in [5.41, 5.74) is 1.18. The van der Waals surface area contributed by atoms with Crippen LogP contribution in [0, 0.1) is 46.3 Å². The van der Waals surface area contributed by atoms with Crippen LogP contribution in [0.25, 0.3) is 0 Å². The van der Waals surface area contributed by atoms with Crippen LogP contribution in [0.15, 0.2) is 9.47 Å². The molecule has 0 spiro atoms. The van der Waals surface area contributed by atoms with Gasteiger partial charge in [-0.05, 0) is 103 Å². The Balaban J connectivity index is 1.68. The average Bonchev–Trinajstić information content (AvgIpc) is 2.96. The third-order valence-corrected chi connectivity index (χ3v) is 11.8. The maximum absolute atomic E-state index is 3.95. The second-order valence-corrected chi connectivity index (χ2v) is 11.6. The van der Waals surface area contributed by atoms with Crippen molar-refractivity contribution in [3.05, 3.63) is 9.47 Å².